The fourth-order valence-corrected chi connectivity index (χ4v) is 3.48. The number of benzene rings is 3. The number of alkyl halides is 4. The topological polar surface area (TPSA) is 134 Å². The second-order valence-corrected chi connectivity index (χ2v) is 8.27. The van der Waals surface area contributed by atoms with Crippen molar-refractivity contribution in [3.63, 3.8) is 0 Å². The fraction of sp³-hybridized carbons (Fsp3) is 0.185. The lowest BCUT2D eigenvalue weighted by molar-refractivity contribution is -0.253. The van der Waals surface area contributed by atoms with Gasteiger partial charge in [0.2, 0.25) is 0 Å². The summed E-state index contributed by atoms with van der Waals surface area (Å²) in [5.41, 5.74) is 13.8. The molecule has 12 heteroatoms. The van der Waals surface area contributed by atoms with Gasteiger partial charge in [-0.15, -0.1) is 0 Å². The molecule has 0 fully saturated rings. The van der Waals surface area contributed by atoms with Gasteiger partial charge in [-0.2, -0.15) is 17.6 Å². The monoisotopic (exact) mass is 548 g/mol. The van der Waals surface area contributed by atoms with Gasteiger partial charge in [-0.1, -0.05) is 12.1 Å². The van der Waals surface area contributed by atoms with Gasteiger partial charge < -0.3 is 30.8 Å². The number of aliphatic carboxylic acids is 1. The minimum Gasteiger partial charge on any atom is -0.493 e. The van der Waals surface area contributed by atoms with Crippen LogP contribution in [0.25, 0.3) is 6.08 Å². The zero-order chi connectivity index (χ0) is 28.7. The standard InChI is InChI=1S/C27H24F4N2O6/c1-37-23-13-18(6-9-22(23)39-27(30,31)26(28)29)25(36)38-21-7-3-15(4-8-21)10-17(24(34)35)5-2-16-11-19(32)14-20(33)12-16/h3-4,6-14,26H,2,5,32-33H2,1H3,(H,34,35). The highest BCUT2D eigenvalue weighted by atomic mass is 19.3. The molecule has 0 saturated carbocycles. The van der Waals surface area contributed by atoms with Crippen molar-refractivity contribution in [2.45, 2.75) is 25.4 Å². The van der Waals surface area contributed by atoms with E-state index in [0.29, 0.717) is 23.4 Å². The van der Waals surface area contributed by atoms with Crippen molar-refractivity contribution in [3.8, 4) is 17.2 Å². The van der Waals surface area contributed by atoms with Crippen LogP contribution >= 0.6 is 0 Å². The zero-order valence-electron chi connectivity index (χ0n) is 20.5. The number of carbonyl (C=O) groups excluding carboxylic acids is 1. The van der Waals surface area contributed by atoms with E-state index in [-0.39, 0.29) is 29.1 Å². The maximum absolute atomic E-state index is 13.2. The first kappa shape index (κ1) is 28.8. The minimum absolute atomic E-state index is 0.104. The molecule has 3 aromatic carbocycles. The molecular formula is C27H24F4N2O6. The van der Waals surface area contributed by atoms with E-state index < -0.39 is 30.2 Å². The van der Waals surface area contributed by atoms with E-state index in [1.165, 1.54) is 30.3 Å². The van der Waals surface area contributed by atoms with Crippen LogP contribution in [0.3, 0.4) is 0 Å². The summed E-state index contributed by atoms with van der Waals surface area (Å²) >= 11 is 0. The number of anilines is 2. The number of aryl methyl sites for hydroxylation is 1. The number of nitrogens with two attached hydrogens (primary N) is 2. The van der Waals surface area contributed by atoms with Crippen LogP contribution in [0.4, 0.5) is 28.9 Å². The Balaban J connectivity index is 1.69. The molecule has 0 radical (unpaired) electrons. The summed E-state index contributed by atoms with van der Waals surface area (Å²) in [6, 6.07) is 13.9. The normalized spacial score (nSPS) is 11.8. The van der Waals surface area contributed by atoms with Crippen LogP contribution in [0, 0.1) is 0 Å². The van der Waals surface area contributed by atoms with Crippen molar-refractivity contribution < 1.29 is 46.5 Å². The minimum atomic E-state index is -4.75. The highest BCUT2D eigenvalue weighted by molar-refractivity contribution is 5.93. The number of esters is 1. The lowest BCUT2D eigenvalue weighted by Gasteiger charge is -2.18. The maximum Gasteiger partial charge on any atom is 0.461 e. The number of rotatable bonds is 11. The predicted molar refractivity (Wildman–Crippen MR) is 135 cm³/mol. The van der Waals surface area contributed by atoms with Gasteiger partial charge in [0.1, 0.15) is 5.75 Å². The van der Waals surface area contributed by atoms with Crippen molar-refractivity contribution >= 4 is 29.4 Å². The van der Waals surface area contributed by atoms with Gasteiger partial charge in [-0.3, -0.25) is 0 Å². The smallest absolute Gasteiger partial charge is 0.461 e. The number of carboxylic acid groups (broad SMARTS) is 1. The van der Waals surface area contributed by atoms with Gasteiger partial charge in [0.15, 0.2) is 11.5 Å². The SMILES string of the molecule is COc1cc(C(=O)Oc2ccc(C=C(CCc3cc(N)cc(N)c3)C(=O)O)cc2)ccc1OC(F)(F)C(F)F. The van der Waals surface area contributed by atoms with Crippen LogP contribution in [0.5, 0.6) is 17.2 Å². The van der Waals surface area contributed by atoms with Crippen molar-refractivity contribution in [1.82, 2.24) is 0 Å². The number of carboxylic acids is 1. The number of carbonyl (C=O) groups is 2. The molecule has 0 saturated heterocycles. The van der Waals surface area contributed by atoms with Gasteiger partial charge in [0.05, 0.1) is 12.7 Å². The molecule has 3 aromatic rings. The largest absolute Gasteiger partial charge is 0.493 e. The van der Waals surface area contributed by atoms with Crippen LogP contribution in [0.15, 0.2) is 66.2 Å². The number of nitrogen functional groups attached to an aromatic ring is 2. The molecule has 206 valence electrons. The third-order valence-electron chi connectivity index (χ3n) is 5.33. The molecule has 0 amide bonds. The van der Waals surface area contributed by atoms with E-state index in [0.717, 1.165) is 30.9 Å². The lowest BCUT2D eigenvalue weighted by atomic mass is 10.0. The van der Waals surface area contributed by atoms with E-state index in [1.54, 1.807) is 18.2 Å². The fourth-order valence-electron chi connectivity index (χ4n) is 3.48. The first-order chi connectivity index (χ1) is 18.4. The van der Waals surface area contributed by atoms with Crippen molar-refractivity contribution in [1.29, 1.82) is 0 Å². The highest BCUT2D eigenvalue weighted by Gasteiger charge is 2.44. The second-order valence-electron chi connectivity index (χ2n) is 8.27. The number of halogens is 4. The first-order valence-electron chi connectivity index (χ1n) is 11.3. The Morgan fingerprint density at radius 1 is 0.974 bits per heavy atom. The molecule has 8 nitrogen and oxygen atoms in total. The average molecular weight is 548 g/mol. The summed E-state index contributed by atoms with van der Waals surface area (Å²) in [5, 5.41) is 9.59. The molecule has 39 heavy (non-hydrogen) atoms. The quantitative estimate of drug-likeness (QED) is 0.0952. The maximum atomic E-state index is 13.2. The second kappa shape index (κ2) is 12.2. The van der Waals surface area contributed by atoms with Gasteiger partial charge in [0.25, 0.3) is 0 Å². The van der Waals surface area contributed by atoms with E-state index in [4.69, 9.17) is 20.9 Å². The molecule has 0 heterocycles. The third-order valence-corrected chi connectivity index (χ3v) is 5.33. The van der Waals surface area contributed by atoms with Crippen LogP contribution in [-0.2, 0) is 11.2 Å². The van der Waals surface area contributed by atoms with E-state index >= 15 is 0 Å². The lowest BCUT2D eigenvalue weighted by Crippen LogP contribution is -2.33. The predicted octanol–water partition coefficient (Wildman–Crippen LogP) is 5.42. The molecule has 0 aromatic heterocycles. The Bertz CT molecular complexity index is 1360. The zero-order valence-corrected chi connectivity index (χ0v) is 20.5. The number of hydrogen-bond donors (Lipinski definition) is 3. The molecular weight excluding hydrogens is 524 g/mol. The Morgan fingerprint density at radius 3 is 2.18 bits per heavy atom. The Labute approximate surface area is 220 Å². The van der Waals surface area contributed by atoms with E-state index in [2.05, 4.69) is 4.74 Å². The Kier molecular flexibility index (Phi) is 9.02. The molecule has 0 unspecified atom stereocenters. The summed E-state index contributed by atoms with van der Waals surface area (Å²) < 4.78 is 65.5. The molecule has 0 aliphatic rings. The van der Waals surface area contributed by atoms with Crippen LogP contribution in [0.1, 0.15) is 27.9 Å². The van der Waals surface area contributed by atoms with E-state index in [1.807, 2.05) is 0 Å². The molecule has 0 aliphatic carbocycles. The first-order valence-corrected chi connectivity index (χ1v) is 11.3. The summed E-state index contributed by atoms with van der Waals surface area (Å²) in [5.74, 6) is -2.96. The van der Waals surface area contributed by atoms with Gasteiger partial charge in [-0.25, -0.2) is 9.59 Å². The average Bonchev–Trinajstić information content (AvgIpc) is 2.86. The van der Waals surface area contributed by atoms with Gasteiger partial charge >= 0.3 is 24.5 Å². The van der Waals surface area contributed by atoms with Crippen LogP contribution in [0.2, 0.25) is 0 Å². The molecule has 0 atom stereocenters. The van der Waals surface area contributed by atoms with Crippen molar-refractivity contribution in [3.05, 3.63) is 82.9 Å². The van der Waals surface area contributed by atoms with Crippen LogP contribution in [-0.4, -0.2) is 36.7 Å². The number of methoxy groups -OCH3 is 1. The Morgan fingerprint density at radius 2 is 1.62 bits per heavy atom. The van der Waals surface area contributed by atoms with Gasteiger partial charge in [-0.05, 0) is 78.6 Å². The van der Waals surface area contributed by atoms with E-state index in [9.17, 15) is 32.3 Å². The van der Waals surface area contributed by atoms with Crippen molar-refractivity contribution in [2.75, 3.05) is 18.6 Å². The summed E-state index contributed by atoms with van der Waals surface area (Å²) in [6.07, 6.45) is -6.74. The highest BCUT2D eigenvalue weighted by Crippen LogP contribution is 2.35. The summed E-state index contributed by atoms with van der Waals surface area (Å²) in [6.45, 7) is 0. The molecule has 0 aliphatic heterocycles. The molecule has 5 N–H and O–H groups in total. The molecule has 3 rings (SSSR count). The number of ether oxygens (including phenoxy) is 3. The number of hydrogen-bond acceptors (Lipinski definition) is 7. The van der Waals surface area contributed by atoms with Gasteiger partial charge in [0, 0.05) is 16.9 Å². The summed E-state index contributed by atoms with van der Waals surface area (Å²) in [4.78, 5) is 24.2. The molecule has 0 spiro atoms. The Hall–Kier alpha value is -4.74. The third kappa shape index (κ3) is 7.87. The summed E-state index contributed by atoms with van der Waals surface area (Å²) in [7, 11) is 1.08. The van der Waals surface area contributed by atoms with Crippen LogP contribution < -0.4 is 25.7 Å². The van der Waals surface area contributed by atoms with Crippen molar-refractivity contribution in [2.24, 2.45) is 0 Å². The molecule has 0 bridgehead atoms.